The van der Waals surface area contributed by atoms with Crippen molar-refractivity contribution >= 4 is 17.4 Å². The van der Waals surface area contributed by atoms with Crippen LogP contribution in [0.4, 0.5) is 0 Å². The molecular weight excluding hydrogens is 208 g/mol. The second-order valence-corrected chi connectivity index (χ2v) is 4.71. The summed E-state index contributed by atoms with van der Waals surface area (Å²) in [6, 6.07) is 5.59. The van der Waals surface area contributed by atoms with Gasteiger partial charge >= 0.3 is 0 Å². The molecule has 0 aliphatic rings. The third kappa shape index (κ3) is 2.60. The summed E-state index contributed by atoms with van der Waals surface area (Å²) in [5.74, 6) is 0.497. The van der Waals surface area contributed by atoms with E-state index in [-0.39, 0.29) is 11.7 Å². The smallest absolute Gasteiger partial charge is 0.167 e. The zero-order valence-corrected chi connectivity index (χ0v) is 10.4. The van der Waals surface area contributed by atoms with Gasteiger partial charge in [-0.05, 0) is 24.5 Å². The lowest BCUT2D eigenvalue weighted by Gasteiger charge is -2.15. The maximum Gasteiger partial charge on any atom is 0.167 e. The van der Waals surface area contributed by atoms with Gasteiger partial charge in [0.2, 0.25) is 0 Å². The molecule has 1 aromatic carbocycles. The molecule has 1 aromatic rings. The Balaban J connectivity index is 3.07. The number of rotatable bonds is 3. The molecule has 1 nitrogen and oxygen atoms in total. The normalized spacial score (nSPS) is 12.9. The molecule has 0 aromatic heterocycles. The van der Waals surface area contributed by atoms with E-state index in [2.05, 4.69) is 0 Å². The van der Waals surface area contributed by atoms with Gasteiger partial charge in [-0.25, -0.2) is 0 Å². The zero-order chi connectivity index (χ0) is 11.6. The standard InChI is InChI=1S/C13H17ClO/c1-8(2)10(4)13(15)11-7-5-6-9(3)12(11)14/h5-8,10H,1-4H3. The molecule has 0 aliphatic heterocycles. The monoisotopic (exact) mass is 224 g/mol. The lowest BCUT2D eigenvalue weighted by atomic mass is 9.89. The minimum absolute atomic E-state index is 0.0179. The molecule has 1 atom stereocenters. The van der Waals surface area contributed by atoms with Crippen LogP contribution in [0.15, 0.2) is 18.2 Å². The van der Waals surface area contributed by atoms with E-state index in [9.17, 15) is 4.79 Å². The van der Waals surface area contributed by atoms with Crippen molar-refractivity contribution in [2.75, 3.05) is 0 Å². The van der Waals surface area contributed by atoms with Crippen molar-refractivity contribution in [3.63, 3.8) is 0 Å². The summed E-state index contributed by atoms with van der Waals surface area (Å²) in [5.41, 5.74) is 1.61. The van der Waals surface area contributed by atoms with Gasteiger partial charge in [0.1, 0.15) is 0 Å². The Labute approximate surface area is 96.5 Å². The highest BCUT2D eigenvalue weighted by molar-refractivity contribution is 6.34. The fourth-order valence-corrected chi connectivity index (χ4v) is 1.60. The Morgan fingerprint density at radius 1 is 1.27 bits per heavy atom. The van der Waals surface area contributed by atoms with Crippen LogP contribution in [0.5, 0.6) is 0 Å². The Hall–Kier alpha value is -0.820. The summed E-state index contributed by atoms with van der Waals surface area (Å²) < 4.78 is 0. The minimum Gasteiger partial charge on any atom is -0.294 e. The molecule has 0 spiro atoms. The SMILES string of the molecule is Cc1cccc(C(=O)C(C)C(C)C)c1Cl. The molecule has 15 heavy (non-hydrogen) atoms. The van der Waals surface area contributed by atoms with Crippen LogP contribution in [0, 0.1) is 18.8 Å². The maximum atomic E-state index is 12.1. The summed E-state index contributed by atoms with van der Waals surface area (Å²) in [7, 11) is 0. The van der Waals surface area contributed by atoms with E-state index in [4.69, 9.17) is 11.6 Å². The van der Waals surface area contributed by atoms with Crippen LogP contribution in [0.3, 0.4) is 0 Å². The highest BCUT2D eigenvalue weighted by Gasteiger charge is 2.20. The Bertz CT molecular complexity index is 369. The predicted octanol–water partition coefficient (Wildman–Crippen LogP) is 4.12. The molecule has 0 heterocycles. The minimum atomic E-state index is 0.0179. The number of benzene rings is 1. The van der Waals surface area contributed by atoms with Crippen LogP contribution in [0.1, 0.15) is 36.7 Å². The molecule has 1 rings (SSSR count). The van der Waals surface area contributed by atoms with Crippen molar-refractivity contribution in [3.05, 3.63) is 34.3 Å². The number of carbonyl (C=O) groups is 1. The molecule has 0 bridgehead atoms. The highest BCUT2D eigenvalue weighted by atomic mass is 35.5. The predicted molar refractivity (Wildman–Crippen MR) is 64.5 cm³/mol. The quantitative estimate of drug-likeness (QED) is 0.706. The van der Waals surface area contributed by atoms with Gasteiger partial charge in [-0.1, -0.05) is 44.5 Å². The number of hydrogen-bond donors (Lipinski definition) is 0. The molecule has 0 N–H and O–H groups in total. The molecule has 0 aliphatic carbocycles. The first kappa shape index (κ1) is 12.3. The van der Waals surface area contributed by atoms with Crippen molar-refractivity contribution in [3.8, 4) is 0 Å². The number of Topliss-reactive ketones (excluding diaryl/α,β-unsaturated/α-hetero) is 1. The Kier molecular flexibility index (Phi) is 3.92. The first-order chi connectivity index (χ1) is 6.95. The van der Waals surface area contributed by atoms with Gasteiger partial charge < -0.3 is 0 Å². The van der Waals surface area contributed by atoms with Crippen LogP contribution < -0.4 is 0 Å². The summed E-state index contributed by atoms with van der Waals surface area (Å²) >= 11 is 6.12. The Morgan fingerprint density at radius 2 is 1.87 bits per heavy atom. The number of aryl methyl sites for hydroxylation is 1. The molecule has 0 amide bonds. The largest absolute Gasteiger partial charge is 0.294 e. The number of halogens is 1. The summed E-state index contributed by atoms with van der Waals surface area (Å²) in [4.78, 5) is 12.1. The van der Waals surface area contributed by atoms with Crippen LogP contribution in [-0.4, -0.2) is 5.78 Å². The van der Waals surface area contributed by atoms with Gasteiger partial charge in [-0.2, -0.15) is 0 Å². The molecule has 0 fully saturated rings. The van der Waals surface area contributed by atoms with Crippen LogP contribution in [0.2, 0.25) is 5.02 Å². The molecule has 82 valence electrons. The van der Waals surface area contributed by atoms with Crippen molar-refractivity contribution in [1.29, 1.82) is 0 Å². The maximum absolute atomic E-state index is 12.1. The van der Waals surface area contributed by atoms with Crippen LogP contribution in [-0.2, 0) is 0 Å². The zero-order valence-electron chi connectivity index (χ0n) is 9.67. The third-order valence-electron chi connectivity index (χ3n) is 2.87. The van der Waals surface area contributed by atoms with Crippen molar-refractivity contribution in [2.24, 2.45) is 11.8 Å². The topological polar surface area (TPSA) is 17.1 Å². The van der Waals surface area contributed by atoms with Gasteiger partial charge in [0, 0.05) is 11.5 Å². The number of carbonyl (C=O) groups excluding carboxylic acids is 1. The van der Waals surface area contributed by atoms with Gasteiger partial charge in [0.05, 0.1) is 5.02 Å². The van der Waals surface area contributed by atoms with Crippen molar-refractivity contribution in [2.45, 2.75) is 27.7 Å². The van der Waals surface area contributed by atoms with Crippen molar-refractivity contribution < 1.29 is 4.79 Å². The molecule has 1 unspecified atom stereocenters. The lowest BCUT2D eigenvalue weighted by molar-refractivity contribution is 0.0900. The molecule has 0 saturated carbocycles. The molecule has 2 heteroatoms. The van der Waals surface area contributed by atoms with Gasteiger partial charge in [-0.3, -0.25) is 4.79 Å². The van der Waals surface area contributed by atoms with Crippen molar-refractivity contribution in [1.82, 2.24) is 0 Å². The van der Waals surface area contributed by atoms with E-state index in [0.29, 0.717) is 16.5 Å². The van der Waals surface area contributed by atoms with Gasteiger partial charge in [-0.15, -0.1) is 0 Å². The number of ketones is 1. The second kappa shape index (κ2) is 4.80. The van der Waals surface area contributed by atoms with E-state index >= 15 is 0 Å². The van der Waals surface area contributed by atoms with E-state index in [1.54, 1.807) is 6.07 Å². The summed E-state index contributed by atoms with van der Waals surface area (Å²) in [5, 5.41) is 0.593. The molecule has 0 radical (unpaired) electrons. The van der Waals surface area contributed by atoms with E-state index in [1.807, 2.05) is 39.8 Å². The van der Waals surface area contributed by atoms with E-state index < -0.39 is 0 Å². The molecule has 0 saturated heterocycles. The highest BCUT2D eigenvalue weighted by Crippen LogP contribution is 2.25. The van der Waals surface area contributed by atoms with Crippen LogP contribution in [0.25, 0.3) is 0 Å². The third-order valence-corrected chi connectivity index (χ3v) is 3.37. The Morgan fingerprint density at radius 3 is 2.40 bits per heavy atom. The van der Waals surface area contributed by atoms with E-state index in [1.165, 1.54) is 0 Å². The first-order valence-electron chi connectivity index (χ1n) is 5.24. The second-order valence-electron chi connectivity index (χ2n) is 4.33. The summed E-state index contributed by atoms with van der Waals surface area (Å²) in [6.07, 6.45) is 0. The van der Waals surface area contributed by atoms with Gasteiger partial charge in [0.25, 0.3) is 0 Å². The van der Waals surface area contributed by atoms with Gasteiger partial charge in [0.15, 0.2) is 5.78 Å². The first-order valence-corrected chi connectivity index (χ1v) is 5.62. The molecular formula is C13H17ClO. The van der Waals surface area contributed by atoms with Crippen LogP contribution >= 0.6 is 11.6 Å². The average molecular weight is 225 g/mol. The fourth-order valence-electron chi connectivity index (χ4n) is 1.39. The average Bonchev–Trinajstić information content (AvgIpc) is 2.20. The fraction of sp³-hybridized carbons (Fsp3) is 0.462. The summed E-state index contributed by atoms with van der Waals surface area (Å²) in [6.45, 7) is 7.96. The lowest BCUT2D eigenvalue weighted by Crippen LogP contribution is -2.17. The number of hydrogen-bond acceptors (Lipinski definition) is 1. The van der Waals surface area contributed by atoms with E-state index in [0.717, 1.165) is 5.56 Å².